The fraction of sp³-hybridized carbons (Fsp3) is 0.486. The summed E-state index contributed by atoms with van der Waals surface area (Å²) in [6, 6.07) is 12.7. The number of amides is 1. The molecule has 1 amide bonds. The van der Waals surface area contributed by atoms with E-state index < -0.39 is 5.60 Å². The second-order valence-corrected chi connectivity index (χ2v) is 13.0. The highest BCUT2D eigenvalue weighted by molar-refractivity contribution is 6.03. The van der Waals surface area contributed by atoms with E-state index in [-0.39, 0.29) is 6.09 Å². The summed E-state index contributed by atoms with van der Waals surface area (Å²) >= 11 is 0. The maximum Gasteiger partial charge on any atom is 0.414 e. The number of rotatable bonds is 4. The fourth-order valence-electron chi connectivity index (χ4n) is 5.52. The highest BCUT2D eigenvalue weighted by atomic mass is 16.6. The van der Waals surface area contributed by atoms with Gasteiger partial charge in [0.15, 0.2) is 0 Å². The van der Waals surface area contributed by atoms with Crippen molar-refractivity contribution in [1.29, 1.82) is 0 Å². The monoisotopic (exact) mass is 582 g/mol. The number of benzene rings is 2. The number of hydrogen-bond acceptors (Lipinski definition) is 5. The molecule has 228 valence electrons. The van der Waals surface area contributed by atoms with Gasteiger partial charge in [-0.2, -0.15) is 10.2 Å². The molecule has 2 aliphatic rings. The lowest BCUT2D eigenvalue weighted by Gasteiger charge is -2.33. The van der Waals surface area contributed by atoms with Crippen molar-refractivity contribution in [2.24, 2.45) is 16.8 Å². The third kappa shape index (κ3) is 7.35. The molecule has 8 nitrogen and oxygen atoms in total. The molecule has 0 N–H and O–H groups in total. The van der Waals surface area contributed by atoms with Gasteiger partial charge in [-0.05, 0) is 83.4 Å². The zero-order valence-electron chi connectivity index (χ0n) is 26.8. The fourth-order valence-corrected chi connectivity index (χ4v) is 5.52. The van der Waals surface area contributed by atoms with E-state index >= 15 is 0 Å². The van der Waals surface area contributed by atoms with Crippen LogP contribution in [-0.4, -0.2) is 55.0 Å². The van der Waals surface area contributed by atoms with Crippen LogP contribution in [0.4, 0.5) is 4.79 Å². The minimum absolute atomic E-state index is 0.288. The lowest BCUT2D eigenvalue weighted by Crippen LogP contribution is -2.39. The summed E-state index contributed by atoms with van der Waals surface area (Å²) in [6.07, 6.45) is 9.30. The number of fused-ring (bicyclic) bond motifs is 2. The molecule has 8 heteroatoms. The maximum absolute atomic E-state index is 12.7. The van der Waals surface area contributed by atoms with Crippen LogP contribution >= 0.6 is 0 Å². The second-order valence-electron chi connectivity index (χ2n) is 13.0. The Balaban J connectivity index is 0.000000180. The van der Waals surface area contributed by atoms with Gasteiger partial charge in [0.05, 0.1) is 16.7 Å². The molecular weight excluding hydrogens is 536 g/mol. The van der Waals surface area contributed by atoms with E-state index in [1.54, 1.807) is 4.90 Å². The lowest BCUT2D eigenvalue weighted by molar-refractivity contribution is 0.0327. The average Bonchev–Trinajstić information content (AvgIpc) is 3.60. The van der Waals surface area contributed by atoms with Gasteiger partial charge in [0, 0.05) is 60.6 Å². The molecular formula is C35H46N6O2. The van der Waals surface area contributed by atoms with E-state index in [0.717, 1.165) is 66.1 Å². The summed E-state index contributed by atoms with van der Waals surface area (Å²) in [4.78, 5) is 19.2. The van der Waals surface area contributed by atoms with Crippen molar-refractivity contribution < 1.29 is 9.53 Å². The number of aliphatic imine (C=N–C) groups is 1. The minimum Gasteiger partial charge on any atom is -0.443 e. The first-order valence-corrected chi connectivity index (χ1v) is 15.7. The number of carbonyl (C=O) groups excluding carboxylic acids is 1. The van der Waals surface area contributed by atoms with Gasteiger partial charge in [-0.15, -0.1) is 0 Å². The Morgan fingerprint density at radius 2 is 1.51 bits per heavy atom. The number of aromatic nitrogens is 4. The Morgan fingerprint density at radius 1 is 0.907 bits per heavy atom. The van der Waals surface area contributed by atoms with Crippen molar-refractivity contribution >= 4 is 39.3 Å². The van der Waals surface area contributed by atoms with Gasteiger partial charge in [-0.1, -0.05) is 44.2 Å². The molecule has 0 bridgehead atoms. The Morgan fingerprint density at radius 3 is 2.07 bits per heavy atom. The highest BCUT2D eigenvalue weighted by Crippen LogP contribution is 2.31. The minimum atomic E-state index is -0.507. The van der Waals surface area contributed by atoms with Crippen molar-refractivity contribution in [3.8, 4) is 0 Å². The Hall–Kier alpha value is -3.94. The number of carbonyl (C=O) groups is 1. The van der Waals surface area contributed by atoms with Crippen molar-refractivity contribution in [3.05, 3.63) is 66.0 Å². The molecule has 6 rings (SSSR count). The molecule has 2 aromatic heterocycles. The van der Waals surface area contributed by atoms with Crippen molar-refractivity contribution in [2.45, 2.75) is 86.4 Å². The number of aryl methyl sites for hydroxylation is 2. The quantitative estimate of drug-likeness (QED) is 0.245. The largest absolute Gasteiger partial charge is 0.443 e. The van der Waals surface area contributed by atoms with E-state index in [4.69, 9.17) is 9.73 Å². The Bertz CT molecular complexity index is 1650. The van der Waals surface area contributed by atoms with Crippen LogP contribution in [0.1, 0.15) is 78.9 Å². The summed E-state index contributed by atoms with van der Waals surface area (Å²) in [5, 5.41) is 11.5. The van der Waals surface area contributed by atoms with Gasteiger partial charge in [0.25, 0.3) is 0 Å². The number of hydrogen-bond donors (Lipinski definition) is 0. The van der Waals surface area contributed by atoms with E-state index in [9.17, 15) is 4.79 Å². The van der Waals surface area contributed by atoms with Gasteiger partial charge in [0.1, 0.15) is 5.60 Å². The van der Waals surface area contributed by atoms with E-state index in [0.29, 0.717) is 12.5 Å². The van der Waals surface area contributed by atoms with Crippen LogP contribution in [0.25, 0.3) is 27.5 Å². The second kappa shape index (κ2) is 12.7. The first-order chi connectivity index (χ1) is 20.5. The molecule has 4 heterocycles. The van der Waals surface area contributed by atoms with Gasteiger partial charge in [-0.25, -0.2) is 4.79 Å². The Kier molecular flexibility index (Phi) is 9.04. The molecule has 2 unspecified atom stereocenters. The molecule has 4 aromatic rings. The van der Waals surface area contributed by atoms with Gasteiger partial charge in [-0.3, -0.25) is 19.3 Å². The molecule has 2 aliphatic heterocycles. The van der Waals surface area contributed by atoms with Crippen molar-refractivity contribution in [3.63, 3.8) is 0 Å². The van der Waals surface area contributed by atoms with Crippen LogP contribution in [0, 0.1) is 11.8 Å². The molecule has 0 aliphatic carbocycles. The summed E-state index contributed by atoms with van der Waals surface area (Å²) in [6.45, 7) is 17.7. The first kappa shape index (κ1) is 30.5. The molecule has 0 saturated heterocycles. The molecule has 0 radical (unpaired) electrons. The molecule has 43 heavy (non-hydrogen) atoms. The van der Waals surface area contributed by atoms with Crippen LogP contribution in [0.2, 0.25) is 0 Å². The van der Waals surface area contributed by atoms with E-state index in [2.05, 4.69) is 86.6 Å². The maximum atomic E-state index is 12.7. The highest BCUT2D eigenvalue weighted by Gasteiger charge is 2.29. The predicted molar refractivity (Wildman–Crippen MR) is 175 cm³/mol. The number of ether oxygens (including phenoxy) is 1. The summed E-state index contributed by atoms with van der Waals surface area (Å²) in [7, 11) is 0. The first-order valence-electron chi connectivity index (χ1n) is 15.7. The topological polar surface area (TPSA) is 77.5 Å². The molecule has 2 atom stereocenters. The SMILES string of the molecule is CCn1cc2ccc(C3=CCC(C)CN3C(=O)OC(C)(C)C)cc2n1.CCn1cc2ccc(C3=NCC(C)CC3)cc2n1. The normalized spacial score (nSPS) is 19.1. The van der Waals surface area contributed by atoms with Gasteiger partial charge >= 0.3 is 6.09 Å². The van der Waals surface area contributed by atoms with Crippen LogP contribution in [0.15, 0.2) is 59.9 Å². The number of allylic oxidation sites excluding steroid dienone is 1. The van der Waals surface area contributed by atoms with E-state index in [1.165, 1.54) is 23.1 Å². The Labute approximate surface area is 255 Å². The standard InChI is InChI=1S/C20H27N3O2.C15H19N3/c1-6-22-13-16-9-8-15(11-17(16)21-22)18-10-7-14(2)12-23(18)19(24)25-20(3,4)5;1-3-18-10-13-6-5-12(8-15(13)17-18)14-7-4-11(2)9-16-14/h8-11,13-14H,6-7,12H2,1-5H3;5-6,8,10-11H,3-4,7,9H2,1-2H3. The number of nitrogens with zero attached hydrogens (tertiary/aromatic N) is 6. The van der Waals surface area contributed by atoms with Gasteiger partial charge in [0.2, 0.25) is 0 Å². The van der Waals surface area contributed by atoms with Gasteiger partial charge < -0.3 is 4.74 Å². The zero-order valence-corrected chi connectivity index (χ0v) is 26.8. The van der Waals surface area contributed by atoms with Crippen LogP contribution in [0.5, 0.6) is 0 Å². The van der Waals surface area contributed by atoms with Crippen molar-refractivity contribution in [2.75, 3.05) is 13.1 Å². The molecule has 2 aromatic carbocycles. The van der Waals surface area contributed by atoms with Crippen molar-refractivity contribution in [1.82, 2.24) is 24.5 Å². The summed E-state index contributed by atoms with van der Waals surface area (Å²) < 4.78 is 9.53. The average molecular weight is 583 g/mol. The summed E-state index contributed by atoms with van der Waals surface area (Å²) in [5.74, 6) is 1.15. The third-order valence-corrected chi connectivity index (χ3v) is 7.97. The van der Waals surface area contributed by atoms with E-state index in [1.807, 2.05) is 36.3 Å². The summed E-state index contributed by atoms with van der Waals surface area (Å²) in [5.41, 5.74) is 5.94. The molecule has 0 spiro atoms. The lowest BCUT2D eigenvalue weighted by atomic mass is 9.95. The van der Waals surface area contributed by atoms with Crippen LogP contribution in [-0.2, 0) is 17.8 Å². The van der Waals surface area contributed by atoms with Crippen LogP contribution in [0.3, 0.4) is 0 Å². The molecule has 0 fully saturated rings. The zero-order chi connectivity index (χ0) is 30.7. The predicted octanol–water partition coefficient (Wildman–Crippen LogP) is 7.95. The third-order valence-electron chi connectivity index (χ3n) is 7.97. The smallest absolute Gasteiger partial charge is 0.414 e. The molecule has 0 saturated carbocycles. The van der Waals surface area contributed by atoms with Crippen LogP contribution < -0.4 is 0 Å².